The fourth-order valence-electron chi connectivity index (χ4n) is 3.54. The Morgan fingerprint density at radius 3 is 2.77 bits per heavy atom. The van der Waals surface area contributed by atoms with E-state index in [9.17, 15) is 0 Å². The first-order chi connectivity index (χ1) is 14.8. The number of benzene rings is 1. The molecule has 10 heteroatoms. The van der Waals surface area contributed by atoms with E-state index < -0.39 is 0 Å². The highest BCUT2D eigenvalue weighted by atomic mass is 32.1. The fourth-order valence-corrected chi connectivity index (χ4v) is 4.27. The van der Waals surface area contributed by atoms with Crippen LogP contribution >= 0.6 is 11.3 Å². The number of nitrogens with zero attached hydrogens (tertiary/aromatic N) is 6. The molecule has 3 N–H and O–H groups in total. The standard InChI is InChI=1S/C20H22N8OS/c21-19-25-20(26-28(19)17-16-7-12-30-18(16)23-13-22-17)24-14-3-5-15(6-4-14)29-11-10-27-8-1-2-9-27/h3-7,12-13H,1-2,8-11H2,(H3,21,24,25,26). The molecule has 0 amide bonds. The molecule has 1 aromatic carbocycles. The number of anilines is 3. The molecule has 0 spiro atoms. The minimum Gasteiger partial charge on any atom is -0.492 e. The second-order valence-corrected chi connectivity index (χ2v) is 7.98. The third kappa shape index (κ3) is 3.91. The zero-order valence-corrected chi connectivity index (χ0v) is 17.2. The van der Waals surface area contributed by atoms with Gasteiger partial charge in [-0.3, -0.25) is 4.90 Å². The van der Waals surface area contributed by atoms with Crippen LogP contribution in [0.2, 0.25) is 0 Å². The van der Waals surface area contributed by atoms with E-state index in [4.69, 9.17) is 10.5 Å². The van der Waals surface area contributed by atoms with Gasteiger partial charge in [0.15, 0.2) is 5.82 Å². The smallest absolute Gasteiger partial charge is 0.248 e. The first-order valence-corrected chi connectivity index (χ1v) is 10.8. The number of hydrogen-bond donors (Lipinski definition) is 2. The highest BCUT2D eigenvalue weighted by molar-refractivity contribution is 7.16. The van der Waals surface area contributed by atoms with Gasteiger partial charge in [0, 0.05) is 12.2 Å². The Hall–Kier alpha value is -3.24. The Morgan fingerprint density at radius 1 is 1.10 bits per heavy atom. The van der Waals surface area contributed by atoms with Gasteiger partial charge in [-0.05, 0) is 61.6 Å². The normalized spacial score (nSPS) is 14.4. The van der Waals surface area contributed by atoms with Crippen LogP contribution in [0.5, 0.6) is 5.75 Å². The van der Waals surface area contributed by atoms with Crippen molar-refractivity contribution in [1.82, 2.24) is 29.6 Å². The van der Waals surface area contributed by atoms with Gasteiger partial charge in [0.05, 0.1) is 5.39 Å². The Balaban J connectivity index is 1.25. The van der Waals surface area contributed by atoms with Gasteiger partial charge < -0.3 is 15.8 Å². The van der Waals surface area contributed by atoms with Crippen molar-refractivity contribution >= 4 is 39.1 Å². The molecule has 1 aliphatic rings. The Bertz CT molecular complexity index is 1130. The largest absolute Gasteiger partial charge is 0.492 e. The van der Waals surface area contributed by atoms with Crippen LogP contribution in [0.25, 0.3) is 16.0 Å². The van der Waals surface area contributed by atoms with Crippen LogP contribution in [0.15, 0.2) is 42.0 Å². The summed E-state index contributed by atoms with van der Waals surface area (Å²) >= 11 is 1.54. The zero-order valence-electron chi connectivity index (χ0n) is 16.4. The minimum absolute atomic E-state index is 0.255. The summed E-state index contributed by atoms with van der Waals surface area (Å²) in [6.45, 7) is 4.04. The molecule has 0 radical (unpaired) electrons. The highest BCUT2D eigenvalue weighted by Gasteiger charge is 2.14. The van der Waals surface area contributed by atoms with E-state index in [1.807, 2.05) is 35.7 Å². The van der Waals surface area contributed by atoms with Crippen molar-refractivity contribution in [3.63, 3.8) is 0 Å². The van der Waals surface area contributed by atoms with E-state index in [-0.39, 0.29) is 5.95 Å². The average molecular weight is 423 g/mol. The third-order valence-corrected chi connectivity index (χ3v) is 5.88. The molecule has 0 unspecified atom stereocenters. The maximum Gasteiger partial charge on any atom is 0.248 e. The van der Waals surface area contributed by atoms with Crippen LogP contribution in [0.4, 0.5) is 17.6 Å². The molecule has 154 valence electrons. The number of hydrogen-bond acceptors (Lipinski definition) is 9. The lowest BCUT2D eigenvalue weighted by Crippen LogP contribution is -2.25. The van der Waals surface area contributed by atoms with Crippen LogP contribution in [0.3, 0.4) is 0 Å². The summed E-state index contributed by atoms with van der Waals surface area (Å²) < 4.78 is 7.37. The first-order valence-electron chi connectivity index (χ1n) is 9.90. The van der Waals surface area contributed by atoms with Crippen molar-refractivity contribution < 1.29 is 4.74 Å². The van der Waals surface area contributed by atoms with Crippen molar-refractivity contribution in [1.29, 1.82) is 0 Å². The van der Waals surface area contributed by atoms with Crippen LogP contribution in [-0.4, -0.2) is 55.9 Å². The number of ether oxygens (including phenoxy) is 1. The number of thiophene rings is 1. The summed E-state index contributed by atoms with van der Waals surface area (Å²) in [4.78, 5) is 16.2. The van der Waals surface area contributed by atoms with Crippen LogP contribution in [0, 0.1) is 0 Å². The molecule has 0 atom stereocenters. The monoisotopic (exact) mass is 422 g/mol. The number of nitrogen functional groups attached to an aromatic ring is 1. The maximum atomic E-state index is 6.09. The van der Waals surface area contributed by atoms with Crippen LogP contribution < -0.4 is 15.8 Å². The van der Waals surface area contributed by atoms with Crippen molar-refractivity contribution in [2.24, 2.45) is 0 Å². The second kappa shape index (κ2) is 8.25. The summed E-state index contributed by atoms with van der Waals surface area (Å²) in [7, 11) is 0. The van der Waals surface area contributed by atoms with Crippen molar-refractivity contribution in [2.75, 3.05) is 37.3 Å². The average Bonchev–Trinajstić information content (AvgIpc) is 3.50. The van der Waals surface area contributed by atoms with Gasteiger partial charge in [0.2, 0.25) is 11.9 Å². The SMILES string of the molecule is Nc1nc(Nc2ccc(OCCN3CCCC3)cc2)nn1-c1ncnc2sccc12. The minimum atomic E-state index is 0.255. The van der Waals surface area contributed by atoms with E-state index in [1.54, 1.807) is 11.3 Å². The van der Waals surface area contributed by atoms with E-state index in [2.05, 4.69) is 30.3 Å². The summed E-state index contributed by atoms with van der Waals surface area (Å²) in [5, 5.41) is 10.5. The molecule has 0 saturated carbocycles. The van der Waals surface area contributed by atoms with E-state index in [1.165, 1.54) is 36.9 Å². The van der Waals surface area contributed by atoms with Crippen molar-refractivity contribution in [3.8, 4) is 11.6 Å². The number of likely N-dealkylation sites (tertiary alicyclic amines) is 1. The van der Waals surface area contributed by atoms with Crippen LogP contribution in [0.1, 0.15) is 12.8 Å². The van der Waals surface area contributed by atoms with E-state index >= 15 is 0 Å². The van der Waals surface area contributed by atoms with Crippen molar-refractivity contribution in [2.45, 2.75) is 12.8 Å². The summed E-state index contributed by atoms with van der Waals surface area (Å²) in [6.07, 6.45) is 4.10. The molecular weight excluding hydrogens is 400 g/mol. The van der Waals surface area contributed by atoms with Gasteiger partial charge in [0.25, 0.3) is 0 Å². The molecule has 1 fully saturated rings. The van der Waals surface area contributed by atoms with Gasteiger partial charge in [-0.1, -0.05) is 0 Å². The molecule has 1 aliphatic heterocycles. The lowest BCUT2D eigenvalue weighted by Gasteiger charge is -2.15. The van der Waals surface area contributed by atoms with Gasteiger partial charge in [-0.2, -0.15) is 9.67 Å². The number of nitrogens with two attached hydrogens (primary N) is 1. The highest BCUT2D eigenvalue weighted by Crippen LogP contribution is 2.25. The molecule has 30 heavy (non-hydrogen) atoms. The molecule has 0 bridgehead atoms. The Morgan fingerprint density at radius 2 is 1.93 bits per heavy atom. The van der Waals surface area contributed by atoms with E-state index in [0.29, 0.717) is 18.4 Å². The number of nitrogens with one attached hydrogen (secondary N) is 1. The lowest BCUT2D eigenvalue weighted by atomic mass is 10.3. The van der Waals surface area contributed by atoms with Gasteiger partial charge in [0.1, 0.15) is 23.5 Å². The third-order valence-electron chi connectivity index (χ3n) is 5.06. The molecule has 4 aromatic rings. The predicted molar refractivity (Wildman–Crippen MR) is 118 cm³/mol. The Kier molecular flexibility index (Phi) is 5.16. The number of fused-ring (bicyclic) bond motifs is 1. The van der Waals surface area contributed by atoms with Gasteiger partial charge in [-0.15, -0.1) is 16.4 Å². The quantitative estimate of drug-likeness (QED) is 0.468. The first kappa shape index (κ1) is 18.8. The molecule has 0 aliphatic carbocycles. The lowest BCUT2D eigenvalue weighted by molar-refractivity contribution is 0.238. The second-order valence-electron chi connectivity index (χ2n) is 7.09. The van der Waals surface area contributed by atoms with Crippen molar-refractivity contribution in [3.05, 3.63) is 42.0 Å². The molecule has 3 aromatic heterocycles. The zero-order chi connectivity index (χ0) is 20.3. The molecule has 1 saturated heterocycles. The maximum absolute atomic E-state index is 6.09. The topological polar surface area (TPSA) is 107 Å². The van der Waals surface area contributed by atoms with Gasteiger partial charge in [-0.25, -0.2) is 9.97 Å². The van der Waals surface area contributed by atoms with Gasteiger partial charge >= 0.3 is 0 Å². The molecule has 4 heterocycles. The fraction of sp³-hybridized carbons (Fsp3) is 0.300. The van der Waals surface area contributed by atoms with E-state index in [0.717, 1.165) is 28.2 Å². The molecule has 9 nitrogen and oxygen atoms in total. The number of rotatable bonds is 7. The summed E-state index contributed by atoms with van der Waals surface area (Å²) in [5.74, 6) is 2.11. The summed E-state index contributed by atoms with van der Waals surface area (Å²) in [6, 6.07) is 9.69. The Labute approximate surface area is 177 Å². The predicted octanol–water partition coefficient (Wildman–Crippen LogP) is 3.07. The number of aromatic nitrogens is 5. The molecular formula is C20H22N8OS. The summed E-state index contributed by atoms with van der Waals surface area (Å²) in [5.41, 5.74) is 6.94. The molecule has 5 rings (SSSR count). The van der Waals surface area contributed by atoms with Crippen LogP contribution in [-0.2, 0) is 0 Å².